The van der Waals surface area contributed by atoms with Crippen molar-refractivity contribution in [2.75, 3.05) is 13.4 Å². The number of nitrogens with zero attached hydrogens (tertiary/aromatic N) is 1. The van der Waals surface area contributed by atoms with Gasteiger partial charge >= 0.3 is 0 Å². The first-order valence-corrected chi connectivity index (χ1v) is 8.40. The highest BCUT2D eigenvalue weighted by Gasteiger charge is 2.23. The van der Waals surface area contributed by atoms with Gasteiger partial charge < -0.3 is 19.5 Å². The molecule has 0 aliphatic carbocycles. The molecule has 138 valence electrons. The number of ether oxygens (including phenoxy) is 3. The SMILES string of the molecule is O=C(/C=C/c1cc2c(cc1[N+](=O)[O-])OCO2)N[C@@H]1CCOc2ccccc21. The molecule has 1 N–H and O–H groups in total. The largest absolute Gasteiger partial charge is 0.493 e. The number of amides is 1. The third kappa shape index (κ3) is 3.41. The van der Waals surface area contributed by atoms with Crippen LogP contribution < -0.4 is 19.5 Å². The molecule has 8 heteroatoms. The Balaban J connectivity index is 1.52. The number of carbonyl (C=O) groups is 1. The lowest BCUT2D eigenvalue weighted by molar-refractivity contribution is -0.385. The lowest BCUT2D eigenvalue weighted by atomic mass is 10.0. The fourth-order valence-corrected chi connectivity index (χ4v) is 3.12. The summed E-state index contributed by atoms with van der Waals surface area (Å²) in [6, 6.07) is 10.2. The second-order valence-electron chi connectivity index (χ2n) is 6.09. The van der Waals surface area contributed by atoms with Crippen LogP contribution in [0.3, 0.4) is 0 Å². The molecule has 0 saturated carbocycles. The number of hydrogen-bond acceptors (Lipinski definition) is 6. The van der Waals surface area contributed by atoms with Gasteiger partial charge in [0.25, 0.3) is 5.69 Å². The van der Waals surface area contributed by atoms with Crippen LogP contribution >= 0.6 is 0 Å². The number of benzene rings is 2. The highest BCUT2D eigenvalue weighted by molar-refractivity contribution is 5.93. The van der Waals surface area contributed by atoms with Crippen molar-refractivity contribution < 1.29 is 23.9 Å². The molecule has 0 bridgehead atoms. The van der Waals surface area contributed by atoms with Crippen molar-refractivity contribution >= 4 is 17.7 Å². The van der Waals surface area contributed by atoms with Crippen LogP contribution in [0.15, 0.2) is 42.5 Å². The number of nitrogens with one attached hydrogen (secondary N) is 1. The van der Waals surface area contributed by atoms with Crippen molar-refractivity contribution in [1.82, 2.24) is 5.32 Å². The Morgan fingerprint density at radius 3 is 2.74 bits per heavy atom. The van der Waals surface area contributed by atoms with E-state index in [1.807, 2.05) is 24.3 Å². The van der Waals surface area contributed by atoms with Gasteiger partial charge in [-0.1, -0.05) is 18.2 Å². The van der Waals surface area contributed by atoms with Crippen LogP contribution in [0, 0.1) is 10.1 Å². The zero-order valence-corrected chi connectivity index (χ0v) is 14.2. The second-order valence-corrected chi connectivity index (χ2v) is 6.09. The van der Waals surface area contributed by atoms with Gasteiger partial charge in [-0.15, -0.1) is 0 Å². The zero-order valence-electron chi connectivity index (χ0n) is 14.2. The molecule has 4 rings (SSSR count). The summed E-state index contributed by atoms with van der Waals surface area (Å²) >= 11 is 0. The molecule has 27 heavy (non-hydrogen) atoms. The van der Waals surface area contributed by atoms with Gasteiger partial charge in [0.15, 0.2) is 11.5 Å². The predicted octanol–water partition coefficient (Wildman–Crippen LogP) is 2.98. The number of nitro groups is 1. The Morgan fingerprint density at radius 2 is 1.93 bits per heavy atom. The van der Waals surface area contributed by atoms with E-state index in [2.05, 4.69) is 5.32 Å². The van der Waals surface area contributed by atoms with E-state index in [1.165, 1.54) is 24.3 Å². The summed E-state index contributed by atoms with van der Waals surface area (Å²) in [4.78, 5) is 23.1. The van der Waals surface area contributed by atoms with E-state index >= 15 is 0 Å². The molecule has 8 nitrogen and oxygen atoms in total. The Morgan fingerprint density at radius 1 is 1.15 bits per heavy atom. The molecule has 0 aromatic heterocycles. The van der Waals surface area contributed by atoms with E-state index < -0.39 is 4.92 Å². The molecule has 0 radical (unpaired) electrons. The summed E-state index contributed by atoms with van der Waals surface area (Å²) in [6.45, 7) is 0.530. The molecule has 0 saturated heterocycles. The minimum Gasteiger partial charge on any atom is -0.493 e. The van der Waals surface area contributed by atoms with Gasteiger partial charge in [-0.25, -0.2) is 0 Å². The van der Waals surface area contributed by atoms with Crippen molar-refractivity contribution in [1.29, 1.82) is 0 Å². The van der Waals surface area contributed by atoms with E-state index in [9.17, 15) is 14.9 Å². The standard InChI is InChI=1S/C19H16N2O6/c22-19(20-14-7-8-25-16-4-2-1-3-13(14)16)6-5-12-9-17-18(27-11-26-17)10-15(12)21(23)24/h1-6,9-10,14H,7-8,11H2,(H,20,22)/b6-5+/t14-/m1/s1. The van der Waals surface area contributed by atoms with Crippen molar-refractivity contribution in [2.24, 2.45) is 0 Å². The van der Waals surface area contributed by atoms with Gasteiger partial charge in [-0.2, -0.15) is 0 Å². The minimum atomic E-state index is -0.520. The first-order valence-electron chi connectivity index (χ1n) is 8.40. The van der Waals surface area contributed by atoms with Crippen molar-refractivity contribution in [3.8, 4) is 17.2 Å². The highest BCUT2D eigenvalue weighted by atomic mass is 16.7. The van der Waals surface area contributed by atoms with Gasteiger partial charge in [-0.05, 0) is 18.2 Å². The van der Waals surface area contributed by atoms with Crippen LogP contribution in [0.4, 0.5) is 5.69 Å². The number of carbonyl (C=O) groups excluding carboxylic acids is 1. The molecule has 0 fully saturated rings. The van der Waals surface area contributed by atoms with Crippen molar-refractivity contribution in [2.45, 2.75) is 12.5 Å². The molecule has 2 heterocycles. The lowest BCUT2D eigenvalue weighted by Crippen LogP contribution is -2.30. The second kappa shape index (κ2) is 6.99. The summed E-state index contributed by atoms with van der Waals surface area (Å²) in [5.74, 6) is 1.15. The van der Waals surface area contributed by atoms with E-state index in [4.69, 9.17) is 14.2 Å². The van der Waals surface area contributed by atoms with E-state index in [0.717, 1.165) is 11.3 Å². The highest BCUT2D eigenvalue weighted by Crippen LogP contribution is 2.38. The van der Waals surface area contributed by atoms with Crippen LogP contribution in [0.25, 0.3) is 6.08 Å². The van der Waals surface area contributed by atoms with E-state index in [1.54, 1.807) is 0 Å². The molecule has 2 aliphatic heterocycles. The van der Waals surface area contributed by atoms with Crippen LogP contribution in [-0.4, -0.2) is 24.2 Å². The van der Waals surface area contributed by atoms with Crippen LogP contribution in [-0.2, 0) is 4.79 Å². The summed E-state index contributed by atoms with van der Waals surface area (Å²) in [6.07, 6.45) is 3.34. The summed E-state index contributed by atoms with van der Waals surface area (Å²) in [5.41, 5.74) is 1.03. The summed E-state index contributed by atoms with van der Waals surface area (Å²) < 4.78 is 16.0. The number of fused-ring (bicyclic) bond motifs is 2. The maximum Gasteiger partial charge on any atom is 0.280 e. The van der Waals surface area contributed by atoms with Crippen molar-refractivity contribution in [3.05, 3.63) is 63.7 Å². The Labute approximate surface area is 154 Å². The van der Waals surface area contributed by atoms with E-state index in [-0.39, 0.29) is 30.0 Å². The molecule has 1 atom stereocenters. The van der Waals surface area contributed by atoms with Gasteiger partial charge in [-0.3, -0.25) is 14.9 Å². The molecule has 2 aromatic carbocycles. The Bertz CT molecular complexity index is 940. The average molecular weight is 368 g/mol. The third-order valence-electron chi connectivity index (χ3n) is 4.41. The quantitative estimate of drug-likeness (QED) is 0.506. The van der Waals surface area contributed by atoms with Crippen molar-refractivity contribution in [3.63, 3.8) is 0 Å². The topological polar surface area (TPSA) is 99.9 Å². The maximum atomic E-state index is 12.3. The molecule has 1 amide bonds. The molecule has 0 spiro atoms. The summed E-state index contributed by atoms with van der Waals surface area (Å²) in [5, 5.41) is 14.2. The maximum absolute atomic E-state index is 12.3. The molecular formula is C19H16N2O6. The number of hydrogen-bond donors (Lipinski definition) is 1. The van der Waals surface area contributed by atoms with Gasteiger partial charge in [0.05, 0.1) is 29.2 Å². The van der Waals surface area contributed by atoms with Crippen LogP contribution in [0.2, 0.25) is 0 Å². The minimum absolute atomic E-state index is 0.0172. The van der Waals surface area contributed by atoms with Crippen LogP contribution in [0.5, 0.6) is 17.2 Å². The molecule has 0 unspecified atom stereocenters. The third-order valence-corrected chi connectivity index (χ3v) is 4.41. The monoisotopic (exact) mass is 368 g/mol. The zero-order chi connectivity index (χ0) is 18.8. The number of rotatable bonds is 4. The van der Waals surface area contributed by atoms with Crippen LogP contribution in [0.1, 0.15) is 23.6 Å². The van der Waals surface area contributed by atoms with Gasteiger partial charge in [0.1, 0.15) is 5.75 Å². The summed E-state index contributed by atoms with van der Waals surface area (Å²) in [7, 11) is 0. The molecular weight excluding hydrogens is 352 g/mol. The average Bonchev–Trinajstić information content (AvgIpc) is 3.13. The van der Waals surface area contributed by atoms with E-state index in [0.29, 0.717) is 24.5 Å². The first-order chi connectivity index (χ1) is 13.1. The lowest BCUT2D eigenvalue weighted by Gasteiger charge is -2.26. The molecule has 2 aliphatic rings. The number of para-hydroxylation sites is 1. The smallest absolute Gasteiger partial charge is 0.280 e. The molecule has 2 aromatic rings. The van der Waals surface area contributed by atoms with Gasteiger partial charge in [0, 0.05) is 18.1 Å². The fraction of sp³-hybridized carbons (Fsp3) is 0.211. The van der Waals surface area contributed by atoms with Gasteiger partial charge in [0.2, 0.25) is 12.7 Å². The first kappa shape index (κ1) is 16.9. The Kier molecular flexibility index (Phi) is 4.37. The number of nitro benzene ring substituents is 1. The fourth-order valence-electron chi connectivity index (χ4n) is 3.12. The Hall–Kier alpha value is -3.55. The predicted molar refractivity (Wildman–Crippen MR) is 95.7 cm³/mol. The normalized spacial score (nSPS) is 17.3.